The predicted octanol–water partition coefficient (Wildman–Crippen LogP) is 8.08. The van der Waals surface area contributed by atoms with Crippen LogP contribution in [0.25, 0.3) is 21.9 Å². The van der Waals surface area contributed by atoms with E-state index in [0.717, 1.165) is 39.0 Å². The van der Waals surface area contributed by atoms with Gasteiger partial charge in [-0.15, -0.1) is 0 Å². The van der Waals surface area contributed by atoms with Crippen molar-refractivity contribution in [3.63, 3.8) is 0 Å². The Morgan fingerprint density at radius 1 is 0.806 bits per heavy atom. The van der Waals surface area contributed by atoms with Gasteiger partial charge in [0, 0.05) is 11.1 Å². The first-order valence-electron chi connectivity index (χ1n) is 11.2. The van der Waals surface area contributed by atoms with Crippen LogP contribution in [0.15, 0.2) is 48.5 Å². The first kappa shape index (κ1) is 23.2. The lowest BCUT2D eigenvalue weighted by Gasteiger charge is -2.42. The molecule has 0 heterocycles. The van der Waals surface area contributed by atoms with Crippen LogP contribution in [0.2, 0.25) is 16.6 Å². The first-order chi connectivity index (χ1) is 14.6. The third kappa shape index (κ3) is 4.06. The summed E-state index contributed by atoms with van der Waals surface area (Å²) < 4.78 is 12.7. The summed E-state index contributed by atoms with van der Waals surface area (Å²) in [5.41, 5.74) is 3.94. The van der Waals surface area contributed by atoms with E-state index in [4.69, 9.17) is 9.16 Å². The lowest BCUT2D eigenvalue weighted by molar-refractivity contribution is 0.409. The second-order valence-electron chi connectivity index (χ2n) is 9.42. The molecule has 0 unspecified atom stereocenters. The Bertz CT molecular complexity index is 1050. The van der Waals surface area contributed by atoms with Crippen LogP contribution in [0.1, 0.15) is 47.1 Å². The standard InChI is InChI=1S/C27H36O3Si/c1-17(2)31(18(3)4,19(5)6)30-25-14-13-21-11-9-10-12-22(21)27(25)23-16-26(29-8)20(7)15-24(23)28/h9-19,28H,1-8H3. The second kappa shape index (κ2) is 8.95. The third-order valence-electron chi connectivity index (χ3n) is 6.67. The van der Waals surface area contributed by atoms with Crippen molar-refractivity contribution in [2.24, 2.45) is 0 Å². The fourth-order valence-corrected chi connectivity index (χ4v) is 10.5. The summed E-state index contributed by atoms with van der Waals surface area (Å²) in [5, 5.41) is 13.2. The van der Waals surface area contributed by atoms with Crippen molar-refractivity contribution in [1.82, 2.24) is 0 Å². The maximum atomic E-state index is 11.0. The highest BCUT2D eigenvalue weighted by atomic mass is 28.4. The lowest BCUT2D eigenvalue weighted by Crippen LogP contribution is -2.50. The van der Waals surface area contributed by atoms with Crippen molar-refractivity contribution in [3.8, 4) is 28.4 Å². The number of benzene rings is 3. The summed E-state index contributed by atoms with van der Waals surface area (Å²) in [6, 6.07) is 16.2. The molecule has 3 nitrogen and oxygen atoms in total. The molecule has 166 valence electrons. The summed E-state index contributed by atoms with van der Waals surface area (Å²) in [6.45, 7) is 15.7. The van der Waals surface area contributed by atoms with Gasteiger partial charge in [-0.2, -0.15) is 0 Å². The number of phenols is 1. The van der Waals surface area contributed by atoms with Crippen molar-refractivity contribution < 1.29 is 14.3 Å². The molecule has 0 bridgehead atoms. The highest BCUT2D eigenvalue weighted by Gasteiger charge is 2.47. The van der Waals surface area contributed by atoms with Crippen molar-refractivity contribution in [3.05, 3.63) is 54.1 Å². The van der Waals surface area contributed by atoms with E-state index in [9.17, 15) is 5.11 Å². The number of methoxy groups -OCH3 is 1. The molecule has 31 heavy (non-hydrogen) atoms. The zero-order valence-electron chi connectivity index (χ0n) is 20.1. The molecule has 0 aliphatic rings. The van der Waals surface area contributed by atoms with Gasteiger partial charge in [-0.1, -0.05) is 71.9 Å². The SMILES string of the molecule is COc1cc(-c2c(O[Si](C(C)C)(C(C)C)C(C)C)ccc3ccccc23)c(O)cc1C. The highest BCUT2D eigenvalue weighted by molar-refractivity contribution is 6.78. The molecule has 4 heteroatoms. The minimum absolute atomic E-state index is 0.241. The van der Waals surface area contributed by atoms with Crippen LogP contribution in [0.4, 0.5) is 0 Å². The number of phenolic OH excluding ortho intramolecular Hbond substituents is 1. The number of aryl methyl sites for hydroxylation is 1. The van der Waals surface area contributed by atoms with Gasteiger partial charge in [0.15, 0.2) is 0 Å². The molecule has 1 N–H and O–H groups in total. The summed E-state index contributed by atoms with van der Waals surface area (Å²) in [4.78, 5) is 0. The number of ether oxygens (including phenoxy) is 1. The smallest absolute Gasteiger partial charge is 0.258 e. The lowest BCUT2D eigenvalue weighted by atomic mass is 9.95. The quantitative estimate of drug-likeness (QED) is 0.380. The van der Waals surface area contributed by atoms with Gasteiger partial charge in [-0.25, -0.2) is 0 Å². The fourth-order valence-electron chi connectivity index (χ4n) is 5.25. The van der Waals surface area contributed by atoms with E-state index in [1.807, 2.05) is 25.1 Å². The van der Waals surface area contributed by atoms with Crippen LogP contribution < -0.4 is 9.16 Å². The third-order valence-corrected chi connectivity index (χ3v) is 12.7. The molecule has 3 rings (SSSR count). The van der Waals surface area contributed by atoms with Crippen LogP contribution in [-0.4, -0.2) is 20.5 Å². The van der Waals surface area contributed by atoms with Crippen LogP contribution in [0, 0.1) is 6.92 Å². The predicted molar refractivity (Wildman–Crippen MR) is 134 cm³/mol. The molecule has 0 spiro atoms. The van der Waals surface area contributed by atoms with Gasteiger partial charge >= 0.3 is 0 Å². The molecule has 3 aromatic rings. The average Bonchev–Trinajstić information content (AvgIpc) is 2.71. The molecule has 0 fully saturated rings. The second-order valence-corrected chi connectivity index (χ2v) is 14.8. The number of rotatable bonds is 7. The van der Waals surface area contributed by atoms with Crippen LogP contribution in [0.5, 0.6) is 17.2 Å². The Balaban J connectivity index is 2.35. The van der Waals surface area contributed by atoms with Crippen LogP contribution >= 0.6 is 0 Å². The van der Waals surface area contributed by atoms with Gasteiger partial charge in [0.2, 0.25) is 0 Å². The molecule has 0 saturated carbocycles. The molecule has 3 aromatic carbocycles. The van der Waals surface area contributed by atoms with Gasteiger partial charge in [0.1, 0.15) is 17.2 Å². The maximum absolute atomic E-state index is 11.0. The van der Waals surface area contributed by atoms with E-state index in [0.29, 0.717) is 16.6 Å². The number of hydrogen-bond donors (Lipinski definition) is 1. The van der Waals surface area contributed by atoms with Crippen LogP contribution in [-0.2, 0) is 0 Å². The Morgan fingerprint density at radius 3 is 2.00 bits per heavy atom. The van der Waals surface area contributed by atoms with E-state index >= 15 is 0 Å². The maximum Gasteiger partial charge on any atom is 0.258 e. The monoisotopic (exact) mass is 436 g/mol. The van der Waals surface area contributed by atoms with E-state index in [1.165, 1.54) is 0 Å². The highest BCUT2D eigenvalue weighted by Crippen LogP contribution is 2.48. The summed E-state index contributed by atoms with van der Waals surface area (Å²) in [7, 11) is -0.519. The normalized spacial score (nSPS) is 12.2. The minimum Gasteiger partial charge on any atom is -0.542 e. The molecule has 0 radical (unpaired) electrons. The Hall–Kier alpha value is -2.46. The van der Waals surface area contributed by atoms with Crippen molar-refractivity contribution in [2.45, 2.75) is 65.1 Å². The van der Waals surface area contributed by atoms with Gasteiger partial charge < -0.3 is 14.3 Å². The first-order valence-corrected chi connectivity index (χ1v) is 13.4. The molecule has 0 aromatic heterocycles. The largest absolute Gasteiger partial charge is 0.542 e. The molecular formula is C27H36O3Si. The Labute approximate surface area is 188 Å². The van der Waals surface area contributed by atoms with Gasteiger partial charge in [0.05, 0.1) is 7.11 Å². The zero-order chi connectivity index (χ0) is 22.9. The van der Waals surface area contributed by atoms with E-state index in [2.05, 4.69) is 65.8 Å². The molecule has 0 aliphatic carbocycles. The molecule has 0 amide bonds. The Kier molecular flexibility index (Phi) is 6.70. The average molecular weight is 437 g/mol. The number of fused-ring (bicyclic) bond motifs is 1. The minimum atomic E-state index is -2.18. The van der Waals surface area contributed by atoms with Gasteiger partial charge in [0.25, 0.3) is 8.32 Å². The number of aromatic hydroxyl groups is 1. The van der Waals surface area contributed by atoms with Crippen molar-refractivity contribution >= 4 is 19.1 Å². The summed E-state index contributed by atoms with van der Waals surface area (Å²) in [5.74, 6) is 1.85. The van der Waals surface area contributed by atoms with Crippen LogP contribution in [0.3, 0.4) is 0 Å². The van der Waals surface area contributed by atoms with Crippen molar-refractivity contribution in [1.29, 1.82) is 0 Å². The summed E-state index contributed by atoms with van der Waals surface area (Å²) >= 11 is 0. The topological polar surface area (TPSA) is 38.7 Å². The number of hydrogen-bond acceptors (Lipinski definition) is 3. The Morgan fingerprint density at radius 2 is 1.42 bits per heavy atom. The zero-order valence-corrected chi connectivity index (χ0v) is 21.1. The summed E-state index contributed by atoms with van der Waals surface area (Å²) in [6.07, 6.45) is 0. The van der Waals surface area contributed by atoms with E-state index < -0.39 is 8.32 Å². The molecule has 0 atom stereocenters. The van der Waals surface area contributed by atoms with Gasteiger partial charge in [-0.3, -0.25) is 0 Å². The molecular weight excluding hydrogens is 400 g/mol. The van der Waals surface area contributed by atoms with E-state index in [-0.39, 0.29) is 5.75 Å². The van der Waals surface area contributed by atoms with Crippen molar-refractivity contribution in [2.75, 3.05) is 7.11 Å². The fraction of sp³-hybridized carbons (Fsp3) is 0.407. The molecule has 0 aliphatic heterocycles. The van der Waals surface area contributed by atoms with E-state index in [1.54, 1.807) is 13.2 Å². The molecule has 0 saturated heterocycles. The van der Waals surface area contributed by atoms with Gasteiger partial charge in [-0.05, 0) is 58.1 Å².